The molecule has 0 aliphatic carbocycles. The molecule has 2 heterocycles. The van der Waals surface area contributed by atoms with Crippen LogP contribution in [0.1, 0.15) is 23.1 Å². The van der Waals surface area contributed by atoms with Crippen molar-refractivity contribution >= 4 is 42.6 Å². The van der Waals surface area contributed by atoms with E-state index in [4.69, 9.17) is 5.14 Å². The van der Waals surface area contributed by atoms with E-state index in [0.29, 0.717) is 27.6 Å². The SMILES string of the molecule is CCn1nc(C)cc1C(=O)Nc1nc2ccc(S(N)(=O)=O)cc2s1. The van der Waals surface area contributed by atoms with Crippen molar-refractivity contribution in [1.29, 1.82) is 0 Å². The number of nitrogens with two attached hydrogens (primary N) is 1. The topological polar surface area (TPSA) is 120 Å². The summed E-state index contributed by atoms with van der Waals surface area (Å²) in [7, 11) is -3.78. The van der Waals surface area contributed by atoms with Crippen LogP contribution in [0.25, 0.3) is 10.2 Å². The van der Waals surface area contributed by atoms with Crippen molar-refractivity contribution in [2.75, 3.05) is 5.32 Å². The molecule has 0 saturated heterocycles. The number of hydrogen-bond donors (Lipinski definition) is 2. The molecule has 126 valence electrons. The minimum Gasteiger partial charge on any atom is -0.296 e. The Hall–Kier alpha value is -2.30. The highest BCUT2D eigenvalue weighted by molar-refractivity contribution is 7.89. The molecule has 0 bridgehead atoms. The minimum atomic E-state index is -3.78. The molecule has 0 aliphatic rings. The summed E-state index contributed by atoms with van der Waals surface area (Å²) < 4.78 is 25.0. The molecule has 0 saturated carbocycles. The zero-order chi connectivity index (χ0) is 17.5. The average Bonchev–Trinajstić information content (AvgIpc) is 3.07. The summed E-state index contributed by atoms with van der Waals surface area (Å²) in [6.45, 7) is 4.29. The van der Waals surface area contributed by atoms with Gasteiger partial charge in [-0.15, -0.1) is 0 Å². The van der Waals surface area contributed by atoms with Gasteiger partial charge in [0.1, 0.15) is 5.69 Å². The normalized spacial score (nSPS) is 11.8. The molecular weight excluding hydrogens is 350 g/mol. The van der Waals surface area contributed by atoms with Crippen LogP contribution in [-0.2, 0) is 16.6 Å². The molecule has 8 nitrogen and oxygen atoms in total. The standard InChI is InChI=1S/C14H15N5O3S2/c1-3-19-11(6-8(2)18-19)13(20)17-14-16-10-5-4-9(24(15,21)22)7-12(10)23-14/h4-7H,3H2,1-2H3,(H2,15,21,22)(H,16,17,20). The molecule has 10 heteroatoms. The maximum atomic E-state index is 12.4. The Labute approximate surface area is 142 Å². The molecule has 0 aliphatic heterocycles. The van der Waals surface area contributed by atoms with E-state index in [1.807, 2.05) is 13.8 Å². The number of carbonyl (C=O) groups is 1. The van der Waals surface area contributed by atoms with Crippen LogP contribution in [0.3, 0.4) is 0 Å². The van der Waals surface area contributed by atoms with Crippen molar-refractivity contribution in [3.8, 4) is 0 Å². The lowest BCUT2D eigenvalue weighted by Gasteiger charge is -2.03. The molecule has 0 radical (unpaired) electrons. The summed E-state index contributed by atoms with van der Waals surface area (Å²) in [5.41, 5.74) is 1.78. The van der Waals surface area contributed by atoms with Gasteiger partial charge in [0.15, 0.2) is 5.13 Å². The first-order valence-corrected chi connectivity index (χ1v) is 9.43. The molecule has 1 aromatic carbocycles. The van der Waals surface area contributed by atoms with Crippen molar-refractivity contribution in [2.45, 2.75) is 25.3 Å². The third-order valence-corrected chi connectivity index (χ3v) is 5.19. The Bertz CT molecular complexity index is 1040. The van der Waals surface area contributed by atoms with E-state index < -0.39 is 10.0 Å². The Morgan fingerprint density at radius 1 is 1.38 bits per heavy atom. The average molecular weight is 365 g/mol. The lowest BCUT2D eigenvalue weighted by atomic mass is 10.3. The van der Waals surface area contributed by atoms with Crippen molar-refractivity contribution in [3.63, 3.8) is 0 Å². The number of aryl methyl sites for hydroxylation is 2. The molecule has 2 aromatic heterocycles. The largest absolute Gasteiger partial charge is 0.296 e. The van der Waals surface area contributed by atoms with Crippen LogP contribution in [-0.4, -0.2) is 29.1 Å². The van der Waals surface area contributed by atoms with Crippen molar-refractivity contribution in [1.82, 2.24) is 14.8 Å². The summed E-state index contributed by atoms with van der Waals surface area (Å²) in [6, 6.07) is 6.09. The summed E-state index contributed by atoms with van der Waals surface area (Å²) in [4.78, 5) is 16.7. The van der Waals surface area contributed by atoms with Gasteiger partial charge in [-0.25, -0.2) is 18.5 Å². The molecular formula is C14H15N5O3S2. The number of anilines is 1. The second-order valence-corrected chi connectivity index (χ2v) is 7.73. The number of sulfonamides is 1. The van der Waals surface area contributed by atoms with Crippen LogP contribution in [0.2, 0.25) is 0 Å². The van der Waals surface area contributed by atoms with E-state index in [0.717, 1.165) is 5.69 Å². The van der Waals surface area contributed by atoms with Crippen molar-refractivity contribution in [2.24, 2.45) is 5.14 Å². The van der Waals surface area contributed by atoms with Crippen molar-refractivity contribution in [3.05, 3.63) is 35.7 Å². The number of hydrogen-bond acceptors (Lipinski definition) is 6. The van der Waals surface area contributed by atoms with Crippen LogP contribution in [0.5, 0.6) is 0 Å². The van der Waals surface area contributed by atoms with Gasteiger partial charge in [0.2, 0.25) is 10.0 Å². The third kappa shape index (κ3) is 3.16. The number of nitrogens with zero attached hydrogens (tertiary/aromatic N) is 3. The van der Waals surface area contributed by atoms with Gasteiger partial charge in [-0.3, -0.25) is 14.8 Å². The van der Waals surface area contributed by atoms with Gasteiger partial charge in [0.25, 0.3) is 5.91 Å². The second kappa shape index (κ2) is 5.96. The smallest absolute Gasteiger partial charge is 0.275 e. The molecule has 3 rings (SSSR count). The number of amides is 1. The fraction of sp³-hybridized carbons (Fsp3) is 0.214. The molecule has 0 fully saturated rings. The third-order valence-electron chi connectivity index (χ3n) is 3.34. The summed E-state index contributed by atoms with van der Waals surface area (Å²) >= 11 is 1.18. The lowest BCUT2D eigenvalue weighted by molar-refractivity contribution is 0.101. The lowest BCUT2D eigenvalue weighted by Crippen LogP contribution is -2.17. The van der Waals surface area contributed by atoms with Gasteiger partial charge in [0, 0.05) is 6.54 Å². The number of primary sulfonamides is 1. The van der Waals surface area contributed by atoms with Crippen LogP contribution in [0.4, 0.5) is 5.13 Å². The number of carbonyl (C=O) groups excluding carboxylic acids is 1. The second-order valence-electron chi connectivity index (χ2n) is 5.13. The van der Waals surface area contributed by atoms with Gasteiger partial charge < -0.3 is 0 Å². The monoisotopic (exact) mass is 365 g/mol. The van der Waals surface area contributed by atoms with E-state index in [1.165, 1.54) is 23.5 Å². The highest BCUT2D eigenvalue weighted by Crippen LogP contribution is 2.28. The van der Waals surface area contributed by atoms with Gasteiger partial charge >= 0.3 is 0 Å². The zero-order valence-corrected chi connectivity index (χ0v) is 14.6. The Morgan fingerprint density at radius 2 is 2.12 bits per heavy atom. The van der Waals surface area contributed by atoms with E-state index >= 15 is 0 Å². The fourth-order valence-electron chi connectivity index (χ4n) is 2.27. The number of aromatic nitrogens is 3. The van der Waals surface area contributed by atoms with E-state index in [-0.39, 0.29) is 10.8 Å². The maximum Gasteiger partial charge on any atom is 0.275 e. The summed E-state index contributed by atoms with van der Waals surface area (Å²) in [5, 5.41) is 12.5. The predicted molar refractivity (Wildman–Crippen MR) is 91.6 cm³/mol. The molecule has 0 unspecified atom stereocenters. The first-order chi connectivity index (χ1) is 11.3. The van der Waals surface area contributed by atoms with Crippen LogP contribution in [0.15, 0.2) is 29.2 Å². The van der Waals surface area contributed by atoms with E-state index in [1.54, 1.807) is 16.8 Å². The van der Waals surface area contributed by atoms with E-state index in [2.05, 4.69) is 15.4 Å². The van der Waals surface area contributed by atoms with Gasteiger partial charge in [-0.1, -0.05) is 11.3 Å². The summed E-state index contributed by atoms with van der Waals surface area (Å²) in [5.74, 6) is -0.317. The number of rotatable bonds is 4. The van der Waals surface area contributed by atoms with Gasteiger partial charge in [0.05, 0.1) is 20.8 Å². The highest BCUT2D eigenvalue weighted by atomic mass is 32.2. The number of nitrogens with one attached hydrogen (secondary N) is 1. The Kier molecular flexibility index (Phi) is 4.11. The Morgan fingerprint density at radius 3 is 2.79 bits per heavy atom. The minimum absolute atomic E-state index is 0.0104. The predicted octanol–water partition coefficient (Wildman–Crippen LogP) is 1.72. The molecule has 1 amide bonds. The fourth-order valence-corrected chi connectivity index (χ4v) is 3.78. The molecule has 3 N–H and O–H groups in total. The van der Waals surface area contributed by atoms with Crippen LogP contribution < -0.4 is 10.5 Å². The van der Waals surface area contributed by atoms with Gasteiger partial charge in [-0.2, -0.15) is 5.10 Å². The van der Waals surface area contributed by atoms with E-state index in [9.17, 15) is 13.2 Å². The molecule has 24 heavy (non-hydrogen) atoms. The highest BCUT2D eigenvalue weighted by Gasteiger charge is 2.16. The molecule has 3 aromatic rings. The van der Waals surface area contributed by atoms with Gasteiger partial charge in [-0.05, 0) is 38.1 Å². The maximum absolute atomic E-state index is 12.4. The first-order valence-electron chi connectivity index (χ1n) is 7.07. The number of thiazole rings is 1. The quantitative estimate of drug-likeness (QED) is 0.729. The van der Waals surface area contributed by atoms with Crippen molar-refractivity contribution < 1.29 is 13.2 Å². The van der Waals surface area contributed by atoms with Crippen LogP contribution >= 0.6 is 11.3 Å². The zero-order valence-electron chi connectivity index (χ0n) is 13.0. The molecule has 0 spiro atoms. The summed E-state index contributed by atoms with van der Waals surface area (Å²) in [6.07, 6.45) is 0. The first kappa shape index (κ1) is 16.6. The number of fused-ring (bicyclic) bond motifs is 1. The number of benzene rings is 1. The van der Waals surface area contributed by atoms with Crippen LogP contribution in [0, 0.1) is 6.92 Å². The molecule has 0 atom stereocenters. The Balaban J connectivity index is 1.91.